The number of anilines is 1. The van der Waals surface area contributed by atoms with Gasteiger partial charge in [0, 0.05) is 43.5 Å². The molecule has 2 aromatic heterocycles. The number of benzene rings is 2. The minimum absolute atomic E-state index is 0.0955. The van der Waals surface area contributed by atoms with Gasteiger partial charge in [0.1, 0.15) is 0 Å². The van der Waals surface area contributed by atoms with Crippen LogP contribution in [-0.2, 0) is 11.8 Å². The molecule has 180 valence electrons. The van der Waals surface area contributed by atoms with Crippen LogP contribution in [0.2, 0.25) is 0 Å². The van der Waals surface area contributed by atoms with Gasteiger partial charge in [-0.2, -0.15) is 5.10 Å². The van der Waals surface area contributed by atoms with Crippen LogP contribution in [0, 0.1) is 0 Å². The summed E-state index contributed by atoms with van der Waals surface area (Å²) in [7, 11) is 1.93. The van der Waals surface area contributed by atoms with Crippen molar-refractivity contribution in [2.75, 3.05) is 11.4 Å². The van der Waals surface area contributed by atoms with Crippen molar-refractivity contribution in [3.63, 3.8) is 0 Å². The fourth-order valence-electron chi connectivity index (χ4n) is 4.12. The van der Waals surface area contributed by atoms with Crippen LogP contribution < -0.4 is 10.4 Å². The quantitative estimate of drug-likeness (QED) is 0.198. The molecule has 0 saturated heterocycles. The highest BCUT2D eigenvalue weighted by Gasteiger charge is 2.18. The number of hydroxylamine groups is 1. The highest BCUT2D eigenvalue weighted by molar-refractivity contribution is 6.06. The lowest BCUT2D eigenvalue weighted by Crippen LogP contribution is -2.32. The van der Waals surface area contributed by atoms with Crippen LogP contribution >= 0.6 is 0 Å². The van der Waals surface area contributed by atoms with Gasteiger partial charge in [-0.15, -0.1) is 0 Å². The van der Waals surface area contributed by atoms with Gasteiger partial charge in [0.25, 0.3) is 5.91 Å². The van der Waals surface area contributed by atoms with Crippen molar-refractivity contribution >= 4 is 28.4 Å². The van der Waals surface area contributed by atoms with Crippen molar-refractivity contribution in [2.24, 2.45) is 7.05 Å². The van der Waals surface area contributed by atoms with Crippen LogP contribution in [-0.4, -0.2) is 38.3 Å². The molecule has 8 nitrogen and oxygen atoms in total. The predicted molar refractivity (Wildman–Crippen MR) is 135 cm³/mol. The minimum atomic E-state index is -0.374. The lowest BCUT2D eigenvalue weighted by molar-refractivity contribution is -0.129. The number of hydrogen-bond acceptors (Lipinski definition) is 5. The maximum absolute atomic E-state index is 13.3. The third-order valence-corrected chi connectivity index (χ3v) is 6.08. The summed E-state index contributed by atoms with van der Waals surface area (Å²) in [6, 6.07) is 17.8. The van der Waals surface area contributed by atoms with E-state index >= 15 is 0 Å². The average Bonchev–Trinajstić information content (AvgIpc) is 3.28. The molecule has 0 bridgehead atoms. The van der Waals surface area contributed by atoms with E-state index in [9.17, 15) is 9.59 Å². The van der Waals surface area contributed by atoms with Crippen LogP contribution in [0.4, 0.5) is 5.69 Å². The van der Waals surface area contributed by atoms with Gasteiger partial charge in [0.15, 0.2) is 0 Å². The Morgan fingerprint density at radius 2 is 1.74 bits per heavy atom. The van der Waals surface area contributed by atoms with Gasteiger partial charge in [-0.3, -0.25) is 24.5 Å². The number of rotatable bonds is 10. The van der Waals surface area contributed by atoms with E-state index in [1.54, 1.807) is 34.9 Å². The summed E-state index contributed by atoms with van der Waals surface area (Å²) in [5.74, 6) is -0.470. The number of amides is 2. The molecule has 2 heterocycles. The fourth-order valence-corrected chi connectivity index (χ4v) is 4.12. The number of nitrogens with zero attached hydrogens (tertiary/aromatic N) is 4. The van der Waals surface area contributed by atoms with Gasteiger partial charge in [-0.1, -0.05) is 37.1 Å². The van der Waals surface area contributed by atoms with Crippen molar-refractivity contribution in [3.8, 4) is 11.1 Å². The number of pyridine rings is 1. The Hall–Kier alpha value is -4.04. The van der Waals surface area contributed by atoms with Crippen molar-refractivity contribution in [1.29, 1.82) is 0 Å². The first-order valence-corrected chi connectivity index (χ1v) is 11.7. The molecule has 0 atom stereocenters. The number of hydrogen-bond donors (Lipinski definition) is 2. The maximum atomic E-state index is 13.3. The summed E-state index contributed by atoms with van der Waals surface area (Å²) in [6.45, 7) is 0.556. The Morgan fingerprint density at radius 1 is 0.971 bits per heavy atom. The Labute approximate surface area is 204 Å². The molecule has 0 unspecified atom stereocenters. The lowest BCUT2D eigenvalue weighted by atomic mass is 10.0. The Kier molecular flexibility index (Phi) is 7.84. The van der Waals surface area contributed by atoms with E-state index in [2.05, 4.69) is 28.3 Å². The van der Waals surface area contributed by atoms with E-state index in [4.69, 9.17) is 5.21 Å². The second-order valence-electron chi connectivity index (χ2n) is 8.49. The normalized spacial score (nSPS) is 10.9. The molecule has 2 amide bonds. The Balaban J connectivity index is 1.49. The largest absolute Gasteiger partial charge is 0.308 e. The van der Waals surface area contributed by atoms with Gasteiger partial charge >= 0.3 is 0 Å². The first-order valence-electron chi connectivity index (χ1n) is 11.7. The number of unbranched alkanes of at least 4 members (excludes halogenated alkanes) is 3. The van der Waals surface area contributed by atoms with Crippen molar-refractivity contribution in [2.45, 2.75) is 32.1 Å². The van der Waals surface area contributed by atoms with Crippen LogP contribution in [0.3, 0.4) is 0 Å². The smallest absolute Gasteiger partial charge is 0.259 e. The van der Waals surface area contributed by atoms with Gasteiger partial charge in [0.05, 0.1) is 17.3 Å². The van der Waals surface area contributed by atoms with E-state index in [0.29, 0.717) is 24.9 Å². The molecule has 2 aromatic carbocycles. The molecule has 8 heteroatoms. The summed E-state index contributed by atoms with van der Waals surface area (Å²) >= 11 is 0. The first kappa shape index (κ1) is 24.1. The monoisotopic (exact) mass is 471 g/mol. The fraction of sp³-hybridized carbons (Fsp3) is 0.259. The molecule has 0 aliphatic carbocycles. The standard InChI is InChI=1S/C27H29N5O3/c1-31-25-17-21(9-10-22(25)19-29-31)20-11-13-24(14-12-20)32(27(34)23-7-6-15-28-18-23)16-5-3-2-4-8-26(33)30-35/h6-7,9-15,17-19,35H,2-5,8,16H2,1H3,(H,30,33). The molecule has 35 heavy (non-hydrogen) atoms. The molecular formula is C27H29N5O3. The summed E-state index contributed by atoms with van der Waals surface area (Å²) in [5, 5.41) is 14.0. The maximum Gasteiger partial charge on any atom is 0.259 e. The number of carbonyl (C=O) groups excluding carboxylic acids is 2. The predicted octanol–water partition coefficient (Wildman–Crippen LogP) is 4.74. The first-order chi connectivity index (χ1) is 17.1. The number of aryl methyl sites for hydroxylation is 1. The van der Waals surface area contributed by atoms with Crippen LogP contribution in [0.15, 0.2) is 73.2 Å². The number of aromatic nitrogens is 3. The molecule has 0 fully saturated rings. The Bertz CT molecular complexity index is 1290. The molecule has 0 aliphatic rings. The van der Waals surface area contributed by atoms with Gasteiger partial charge < -0.3 is 4.90 Å². The zero-order valence-electron chi connectivity index (χ0n) is 19.7. The third kappa shape index (κ3) is 5.91. The highest BCUT2D eigenvalue weighted by atomic mass is 16.5. The number of nitrogens with one attached hydrogen (secondary N) is 1. The molecule has 4 aromatic rings. The average molecular weight is 472 g/mol. The summed E-state index contributed by atoms with van der Waals surface area (Å²) < 4.78 is 1.86. The number of carbonyl (C=O) groups is 2. The number of fused-ring (bicyclic) bond motifs is 1. The molecule has 2 N–H and O–H groups in total. The van der Waals surface area contributed by atoms with E-state index < -0.39 is 0 Å². The van der Waals surface area contributed by atoms with E-state index in [0.717, 1.165) is 47.0 Å². The zero-order valence-corrected chi connectivity index (χ0v) is 19.7. The molecule has 0 saturated carbocycles. The van der Waals surface area contributed by atoms with E-state index in [-0.39, 0.29) is 11.8 Å². The summed E-state index contributed by atoms with van der Waals surface area (Å²) in [5.41, 5.74) is 6.23. The zero-order chi connectivity index (χ0) is 24.6. The van der Waals surface area contributed by atoms with Crippen molar-refractivity contribution in [1.82, 2.24) is 20.2 Å². The van der Waals surface area contributed by atoms with Crippen LogP contribution in [0.1, 0.15) is 42.5 Å². The van der Waals surface area contributed by atoms with Crippen molar-refractivity contribution in [3.05, 3.63) is 78.8 Å². The van der Waals surface area contributed by atoms with Gasteiger partial charge in [-0.05, 0) is 54.3 Å². The highest BCUT2D eigenvalue weighted by Crippen LogP contribution is 2.27. The summed E-state index contributed by atoms with van der Waals surface area (Å²) in [6.07, 6.45) is 8.59. The molecule has 0 radical (unpaired) electrons. The topological polar surface area (TPSA) is 100 Å². The SMILES string of the molecule is Cn1ncc2ccc(-c3ccc(N(CCCCCCC(=O)NO)C(=O)c4cccnc4)cc3)cc21. The molecule has 4 rings (SSSR count). The van der Waals surface area contributed by atoms with Crippen molar-refractivity contribution < 1.29 is 14.8 Å². The molecular weight excluding hydrogens is 442 g/mol. The Morgan fingerprint density at radius 3 is 2.49 bits per heavy atom. The lowest BCUT2D eigenvalue weighted by Gasteiger charge is -2.23. The van der Waals surface area contributed by atoms with Gasteiger partial charge in [0.2, 0.25) is 5.91 Å². The second kappa shape index (κ2) is 11.4. The van der Waals surface area contributed by atoms with Crippen LogP contribution in [0.5, 0.6) is 0 Å². The second-order valence-corrected chi connectivity index (χ2v) is 8.49. The van der Waals surface area contributed by atoms with E-state index in [1.807, 2.05) is 42.2 Å². The van der Waals surface area contributed by atoms with Gasteiger partial charge in [-0.25, -0.2) is 5.48 Å². The van der Waals surface area contributed by atoms with E-state index in [1.165, 1.54) is 0 Å². The molecule has 0 aliphatic heterocycles. The van der Waals surface area contributed by atoms with Crippen LogP contribution in [0.25, 0.3) is 22.0 Å². The summed E-state index contributed by atoms with van der Waals surface area (Å²) in [4.78, 5) is 30.3. The molecule has 0 spiro atoms. The minimum Gasteiger partial charge on any atom is -0.308 e. The third-order valence-electron chi connectivity index (χ3n) is 6.08.